The van der Waals surface area contributed by atoms with E-state index < -0.39 is 17.8 Å². The highest BCUT2D eigenvalue weighted by Crippen LogP contribution is 2.37. The van der Waals surface area contributed by atoms with Crippen molar-refractivity contribution in [3.05, 3.63) is 38.7 Å². The summed E-state index contributed by atoms with van der Waals surface area (Å²) in [6.07, 6.45) is 0.822. The number of carbonyl (C=O) groups is 3. The molecule has 1 amide bonds. The van der Waals surface area contributed by atoms with Gasteiger partial charge in [-0.25, -0.2) is 14.6 Å². The Morgan fingerprint density at radius 2 is 1.88 bits per heavy atom. The van der Waals surface area contributed by atoms with Crippen molar-refractivity contribution in [3.63, 3.8) is 0 Å². The van der Waals surface area contributed by atoms with Crippen molar-refractivity contribution in [1.82, 2.24) is 4.98 Å². The number of nitrogen functional groups attached to an aromatic ring is 1. The topological polar surface area (TPSA) is 121 Å². The van der Waals surface area contributed by atoms with Crippen LogP contribution in [-0.2, 0) is 15.9 Å². The molecule has 0 spiro atoms. The fraction of sp³-hybridized carbons (Fsp3) is 0.364. The standard InChI is InChI=1S/C22H25N3O5S2/c1-6-30-22(28)16-11(4)14(21(27)29-5)20(31-16)25-18(26)17-15(23)13-8-7-12(9-10(2)3)24-19(13)32-17/h7-8,10H,6,9,23H2,1-5H3,(H,25,26). The number of nitrogens with zero attached hydrogens (tertiary/aromatic N) is 1. The summed E-state index contributed by atoms with van der Waals surface area (Å²) in [6, 6.07) is 3.79. The van der Waals surface area contributed by atoms with Gasteiger partial charge in [0.25, 0.3) is 5.91 Å². The van der Waals surface area contributed by atoms with Crippen molar-refractivity contribution in [3.8, 4) is 0 Å². The zero-order valence-corrected chi connectivity index (χ0v) is 20.2. The summed E-state index contributed by atoms with van der Waals surface area (Å²) in [5.41, 5.74) is 8.00. The third kappa shape index (κ3) is 4.61. The number of aromatic nitrogens is 1. The molecule has 0 aliphatic rings. The number of nitrogens with one attached hydrogen (secondary N) is 1. The summed E-state index contributed by atoms with van der Waals surface area (Å²) in [7, 11) is 1.24. The van der Waals surface area contributed by atoms with E-state index in [0.717, 1.165) is 23.5 Å². The second-order valence-corrected chi connectivity index (χ2v) is 9.54. The largest absolute Gasteiger partial charge is 0.465 e. The number of methoxy groups -OCH3 is 1. The predicted molar refractivity (Wildman–Crippen MR) is 127 cm³/mol. The number of esters is 2. The van der Waals surface area contributed by atoms with Gasteiger partial charge in [-0.2, -0.15) is 0 Å². The van der Waals surface area contributed by atoms with Crippen molar-refractivity contribution in [2.45, 2.75) is 34.1 Å². The molecular formula is C22H25N3O5S2. The van der Waals surface area contributed by atoms with Gasteiger partial charge in [0.2, 0.25) is 0 Å². The van der Waals surface area contributed by atoms with Crippen molar-refractivity contribution >= 4 is 61.4 Å². The third-order valence-electron chi connectivity index (χ3n) is 4.70. The molecule has 0 bridgehead atoms. The van der Waals surface area contributed by atoms with Gasteiger partial charge in [-0.05, 0) is 43.9 Å². The molecule has 0 unspecified atom stereocenters. The summed E-state index contributed by atoms with van der Waals surface area (Å²) in [5, 5.41) is 3.63. The Bertz CT molecular complexity index is 1200. The van der Waals surface area contributed by atoms with E-state index in [4.69, 9.17) is 15.2 Å². The van der Waals surface area contributed by atoms with Crippen LogP contribution in [0.2, 0.25) is 0 Å². The first-order valence-electron chi connectivity index (χ1n) is 10.1. The number of rotatable bonds is 7. The van der Waals surface area contributed by atoms with Crippen LogP contribution in [-0.4, -0.2) is 36.5 Å². The van der Waals surface area contributed by atoms with Crippen LogP contribution in [0.25, 0.3) is 10.2 Å². The van der Waals surface area contributed by atoms with E-state index in [-0.39, 0.29) is 26.9 Å². The highest BCUT2D eigenvalue weighted by atomic mass is 32.1. The number of hydrogen-bond acceptors (Lipinski definition) is 9. The summed E-state index contributed by atoms with van der Waals surface area (Å²) >= 11 is 2.15. The minimum atomic E-state index is -0.658. The lowest BCUT2D eigenvalue weighted by atomic mass is 10.1. The summed E-state index contributed by atoms with van der Waals surface area (Å²) in [6.45, 7) is 7.71. The molecule has 0 fully saturated rings. The van der Waals surface area contributed by atoms with Gasteiger partial charge in [0.1, 0.15) is 19.6 Å². The summed E-state index contributed by atoms with van der Waals surface area (Å²) in [5.74, 6) is -1.26. The lowest BCUT2D eigenvalue weighted by Crippen LogP contribution is -2.14. The molecule has 8 nitrogen and oxygen atoms in total. The van der Waals surface area contributed by atoms with Gasteiger partial charge in [-0.15, -0.1) is 22.7 Å². The maximum atomic E-state index is 13.1. The second-order valence-electron chi connectivity index (χ2n) is 7.52. The van der Waals surface area contributed by atoms with Crippen LogP contribution in [0.15, 0.2) is 12.1 Å². The minimum absolute atomic E-state index is 0.117. The molecule has 10 heteroatoms. The lowest BCUT2D eigenvalue weighted by molar-refractivity contribution is 0.0531. The first-order chi connectivity index (χ1) is 15.2. The monoisotopic (exact) mass is 475 g/mol. The third-order valence-corrected chi connectivity index (χ3v) is 7.00. The number of carbonyl (C=O) groups excluding carboxylic acids is 3. The van der Waals surface area contributed by atoms with E-state index >= 15 is 0 Å². The van der Waals surface area contributed by atoms with E-state index in [9.17, 15) is 14.4 Å². The molecule has 170 valence electrons. The lowest BCUT2D eigenvalue weighted by Gasteiger charge is -2.05. The molecule has 0 aliphatic heterocycles. The number of nitrogens with two attached hydrogens (primary N) is 1. The van der Waals surface area contributed by atoms with Crippen molar-refractivity contribution in [2.75, 3.05) is 24.8 Å². The van der Waals surface area contributed by atoms with Crippen LogP contribution in [0.1, 0.15) is 61.7 Å². The Labute approximate surface area is 193 Å². The first kappa shape index (κ1) is 23.7. The molecule has 32 heavy (non-hydrogen) atoms. The number of hydrogen-bond donors (Lipinski definition) is 2. The Hall–Kier alpha value is -2.98. The maximum Gasteiger partial charge on any atom is 0.348 e. The van der Waals surface area contributed by atoms with Crippen molar-refractivity contribution in [1.29, 1.82) is 0 Å². The summed E-state index contributed by atoms with van der Waals surface area (Å²) in [4.78, 5) is 43.5. The number of anilines is 2. The van der Waals surface area contributed by atoms with Gasteiger partial charge in [-0.3, -0.25) is 4.79 Å². The van der Waals surface area contributed by atoms with E-state index in [1.54, 1.807) is 13.8 Å². The van der Waals surface area contributed by atoms with Crippen LogP contribution in [0.5, 0.6) is 0 Å². The Morgan fingerprint density at radius 3 is 2.50 bits per heavy atom. The predicted octanol–water partition coefficient (Wildman–Crippen LogP) is 4.66. The zero-order valence-electron chi connectivity index (χ0n) is 18.5. The minimum Gasteiger partial charge on any atom is -0.465 e. The number of amides is 1. The average Bonchev–Trinajstić information content (AvgIpc) is 3.23. The van der Waals surface area contributed by atoms with Crippen LogP contribution in [0.3, 0.4) is 0 Å². The Balaban J connectivity index is 1.98. The molecule has 3 rings (SSSR count). The number of fused-ring (bicyclic) bond motifs is 1. The highest BCUT2D eigenvalue weighted by Gasteiger charge is 2.28. The van der Waals surface area contributed by atoms with Crippen molar-refractivity contribution in [2.24, 2.45) is 5.92 Å². The van der Waals surface area contributed by atoms with E-state index in [1.807, 2.05) is 12.1 Å². The number of ether oxygens (including phenoxy) is 2. The molecule has 3 aromatic heterocycles. The molecule has 0 aliphatic carbocycles. The molecular weight excluding hydrogens is 450 g/mol. The van der Waals surface area contributed by atoms with Crippen molar-refractivity contribution < 1.29 is 23.9 Å². The van der Waals surface area contributed by atoms with Gasteiger partial charge in [0.15, 0.2) is 0 Å². The van der Waals surface area contributed by atoms with Gasteiger partial charge < -0.3 is 20.5 Å². The molecule has 0 saturated carbocycles. The number of thiophene rings is 2. The second kappa shape index (κ2) is 9.66. The zero-order chi connectivity index (χ0) is 23.6. The molecule has 0 atom stereocenters. The van der Waals surface area contributed by atoms with Crippen LogP contribution >= 0.6 is 22.7 Å². The van der Waals surface area contributed by atoms with E-state index in [0.29, 0.717) is 27.4 Å². The smallest absolute Gasteiger partial charge is 0.348 e. The SMILES string of the molecule is CCOC(=O)c1sc(NC(=O)c2sc3nc(CC(C)C)ccc3c2N)c(C(=O)OC)c1C. The normalized spacial score (nSPS) is 11.1. The fourth-order valence-electron chi connectivity index (χ4n) is 3.24. The molecule has 0 saturated heterocycles. The van der Waals surface area contributed by atoms with Crippen LogP contribution < -0.4 is 11.1 Å². The molecule has 3 heterocycles. The summed E-state index contributed by atoms with van der Waals surface area (Å²) < 4.78 is 9.90. The van der Waals surface area contributed by atoms with Crippen LogP contribution in [0.4, 0.5) is 10.7 Å². The average molecular weight is 476 g/mol. The first-order valence-corrected chi connectivity index (χ1v) is 11.7. The van der Waals surface area contributed by atoms with Gasteiger partial charge in [-0.1, -0.05) is 13.8 Å². The van der Waals surface area contributed by atoms with E-state index in [1.165, 1.54) is 18.4 Å². The quantitative estimate of drug-likeness (QED) is 0.477. The highest BCUT2D eigenvalue weighted by molar-refractivity contribution is 7.21. The molecule has 3 aromatic rings. The molecule has 3 N–H and O–H groups in total. The molecule has 0 aromatic carbocycles. The van der Waals surface area contributed by atoms with Crippen LogP contribution in [0, 0.1) is 12.8 Å². The Morgan fingerprint density at radius 1 is 1.16 bits per heavy atom. The van der Waals surface area contributed by atoms with Gasteiger partial charge in [0, 0.05) is 11.1 Å². The van der Waals surface area contributed by atoms with Gasteiger partial charge >= 0.3 is 11.9 Å². The fourth-order valence-corrected chi connectivity index (χ4v) is 5.33. The van der Waals surface area contributed by atoms with Gasteiger partial charge in [0.05, 0.1) is 25.0 Å². The molecule has 0 radical (unpaired) electrons. The Kier molecular flexibility index (Phi) is 7.15. The van der Waals surface area contributed by atoms with E-state index in [2.05, 4.69) is 24.1 Å². The maximum absolute atomic E-state index is 13.1. The number of pyridine rings is 1.